The molecular weight excluding hydrogens is 509 g/mol. The van der Waals surface area contributed by atoms with Gasteiger partial charge in [-0.25, -0.2) is 14.6 Å². The molecule has 0 bridgehead atoms. The number of piperidine rings is 1. The number of hydrogen-bond acceptors (Lipinski definition) is 8. The van der Waals surface area contributed by atoms with Gasteiger partial charge < -0.3 is 0 Å². The Balaban J connectivity index is 1.54. The van der Waals surface area contributed by atoms with Gasteiger partial charge in [0, 0.05) is 49.7 Å². The van der Waals surface area contributed by atoms with E-state index in [0.29, 0.717) is 44.5 Å². The fourth-order valence-corrected chi connectivity index (χ4v) is 5.77. The van der Waals surface area contributed by atoms with E-state index in [1.54, 1.807) is 36.0 Å². The van der Waals surface area contributed by atoms with E-state index in [2.05, 4.69) is 20.6 Å². The number of thioether (sulfide) groups is 1. The first-order valence-corrected chi connectivity index (χ1v) is 13.9. The van der Waals surface area contributed by atoms with E-state index in [0.717, 1.165) is 30.5 Å². The molecule has 1 aromatic heterocycles. The third kappa shape index (κ3) is 7.36. The summed E-state index contributed by atoms with van der Waals surface area (Å²) in [4.78, 5) is 43.7. The van der Waals surface area contributed by atoms with Crippen LogP contribution in [-0.4, -0.2) is 62.1 Å². The molecule has 11 heteroatoms. The van der Waals surface area contributed by atoms with E-state index in [1.165, 1.54) is 24.9 Å². The van der Waals surface area contributed by atoms with Crippen molar-refractivity contribution in [2.45, 2.75) is 63.3 Å². The minimum absolute atomic E-state index is 0.0204. The lowest BCUT2D eigenvalue weighted by Gasteiger charge is -2.38. The number of unbranched alkanes of at least 4 members (excludes halogenated alkanes) is 1. The molecule has 2 aliphatic rings. The second-order valence-electron chi connectivity index (χ2n) is 9.75. The number of halogens is 1. The smallest absolute Gasteiger partial charge is 0.243 e. The monoisotopic (exact) mass is 543 g/mol. The van der Waals surface area contributed by atoms with Crippen LogP contribution in [0.1, 0.15) is 62.7 Å². The van der Waals surface area contributed by atoms with Gasteiger partial charge in [-0.1, -0.05) is 35.2 Å². The number of nitrogens with zero attached hydrogens (tertiary/aromatic N) is 4. The SMILES string of the molecule is CONC(=O)CCCCn1nncc1/C=C1\CN(C(C(=O)C2CC2)c2ccccc2F)CCC1SC(C)=O. The summed E-state index contributed by atoms with van der Waals surface area (Å²) < 4.78 is 16.7. The number of carbonyl (C=O) groups is 3. The number of amides is 1. The molecule has 0 radical (unpaired) electrons. The summed E-state index contributed by atoms with van der Waals surface area (Å²) in [6.07, 6.45) is 7.75. The maximum atomic E-state index is 14.9. The number of Topliss-reactive ketones (excluding diaryl/α,β-unsaturated/α-hetero) is 1. The summed E-state index contributed by atoms with van der Waals surface area (Å²) in [5.41, 5.74) is 4.48. The minimum Gasteiger partial charge on any atom is -0.297 e. The second-order valence-corrected chi connectivity index (χ2v) is 11.1. The summed E-state index contributed by atoms with van der Waals surface area (Å²) in [6, 6.07) is 5.85. The number of aryl methyl sites for hydroxylation is 1. The van der Waals surface area contributed by atoms with Crippen molar-refractivity contribution in [2.24, 2.45) is 5.92 Å². The van der Waals surface area contributed by atoms with Crippen LogP contribution in [0.3, 0.4) is 0 Å². The summed E-state index contributed by atoms with van der Waals surface area (Å²) >= 11 is 1.28. The van der Waals surface area contributed by atoms with E-state index >= 15 is 0 Å². The lowest BCUT2D eigenvalue weighted by Crippen LogP contribution is -2.43. The number of ketones is 1. The Labute approximate surface area is 226 Å². The topological polar surface area (TPSA) is 106 Å². The molecule has 4 rings (SSSR count). The van der Waals surface area contributed by atoms with Crippen molar-refractivity contribution in [1.82, 2.24) is 25.4 Å². The average Bonchev–Trinajstić information content (AvgIpc) is 3.65. The van der Waals surface area contributed by atoms with Gasteiger partial charge in [0.15, 0.2) is 10.9 Å². The van der Waals surface area contributed by atoms with Crippen molar-refractivity contribution in [3.05, 3.63) is 53.1 Å². The molecule has 38 heavy (non-hydrogen) atoms. The first kappa shape index (κ1) is 28.1. The Bertz CT molecular complexity index is 1180. The van der Waals surface area contributed by atoms with E-state index in [4.69, 9.17) is 0 Å². The zero-order chi connectivity index (χ0) is 27.1. The van der Waals surface area contributed by atoms with Gasteiger partial charge in [-0.15, -0.1) is 5.10 Å². The third-order valence-electron chi connectivity index (χ3n) is 6.82. The molecule has 9 nitrogen and oxygen atoms in total. The number of hydrogen-bond donors (Lipinski definition) is 1. The van der Waals surface area contributed by atoms with E-state index < -0.39 is 6.04 Å². The molecule has 2 unspecified atom stereocenters. The highest BCUT2D eigenvalue weighted by Gasteiger charge is 2.41. The molecule has 1 N–H and O–H groups in total. The molecular formula is C27H34FN5O4S. The molecule has 2 atom stereocenters. The lowest BCUT2D eigenvalue weighted by atomic mass is 9.93. The fraction of sp³-hybridized carbons (Fsp3) is 0.519. The van der Waals surface area contributed by atoms with Crippen LogP contribution in [0.4, 0.5) is 4.39 Å². The maximum Gasteiger partial charge on any atom is 0.243 e. The van der Waals surface area contributed by atoms with Crippen LogP contribution in [0.25, 0.3) is 6.08 Å². The largest absolute Gasteiger partial charge is 0.297 e. The van der Waals surface area contributed by atoms with Gasteiger partial charge in [0.1, 0.15) is 5.82 Å². The number of benzene rings is 1. The Morgan fingerprint density at radius 1 is 1.24 bits per heavy atom. The molecule has 1 aliphatic heterocycles. The Morgan fingerprint density at radius 3 is 2.74 bits per heavy atom. The Hall–Kier alpha value is -2.89. The number of hydroxylamine groups is 1. The number of rotatable bonds is 12. The van der Waals surface area contributed by atoms with Crippen LogP contribution >= 0.6 is 11.8 Å². The van der Waals surface area contributed by atoms with Gasteiger partial charge >= 0.3 is 0 Å². The first-order chi connectivity index (χ1) is 18.4. The van der Waals surface area contributed by atoms with Gasteiger partial charge in [0.05, 0.1) is 25.0 Å². The maximum absolute atomic E-state index is 14.9. The molecule has 2 heterocycles. The molecule has 1 amide bonds. The highest BCUT2D eigenvalue weighted by molar-refractivity contribution is 8.14. The number of likely N-dealkylation sites (tertiary alicyclic amines) is 1. The molecule has 1 saturated carbocycles. The van der Waals surface area contributed by atoms with Crippen molar-refractivity contribution in [1.29, 1.82) is 0 Å². The van der Waals surface area contributed by atoms with Gasteiger partial charge in [-0.2, -0.15) is 0 Å². The summed E-state index contributed by atoms with van der Waals surface area (Å²) in [5, 5.41) is 8.24. The molecule has 2 aromatic rings. The van der Waals surface area contributed by atoms with Crippen LogP contribution < -0.4 is 5.48 Å². The normalized spacial score (nSPS) is 19.9. The van der Waals surface area contributed by atoms with Gasteiger partial charge in [-0.3, -0.25) is 24.1 Å². The predicted molar refractivity (Wildman–Crippen MR) is 142 cm³/mol. The first-order valence-electron chi connectivity index (χ1n) is 13.0. The number of aromatic nitrogens is 3. The van der Waals surface area contributed by atoms with Crippen LogP contribution in [0.15, 0.2) is 36.0 Å². The van der Waals surface area contributed by atoms with Crippen LogP contribution in [0, 0.1) is 11.7 Å². The summed E-state index contributed by atoms with van der Waals surface area (Å²) in [7, 11) is 1.40. The quantitative estimate of drug-likeness (QED) is 0.319. The van der Waals surface area contributed by atoms with Crippen LogP contribution in [0.2, 0.25) is 0 Å². The standard InChI is InChI=1S/C27H34FN5O4S/c1-18(34)38-24-12-14-32(26(27(36)19-10-11-19)22-7-3-4-8-23(22)28)17-20(24)15-21-16-29-31-33(21)13-6-5-9-25(35)30-37-2/h3-4,7-8,15-16,19,24,26H,5-6,9-14,17H2,1-2H3,(H,30,35)/b20-15+. The molecule has 1 aliphatic carbocycles. The molecule has 204 valence electrons. The van der Waals surface area contributed by atoms with Crippen LogP contribution in [-0.2, 0) is 25.8 Å². The minimum atomic E-state index is -0.656. The van der Waals surface area contributed by atoms with Crippen LogP contribution in [0.5, 0.6) is 0 Å². The average molecular weight is 544 g/mol. The zero-order valence-electron chi connectivity index (χ0n) is 21.8. The van der Waals surface area contributed by atoms with E-state index in [1.807, 2.05) is 11.0 Å². The van der Waals surface area contributed by atoms with Crippen molar-refractivity contribution in [2.75, 3.05) is 20.2 Å². The zero-order valence-corrected chi connectivity index (χ0v) is 22.6. The molecule has 0 spiro atoms. The fourth-order valence-electron chi connectivity index (χ4n) is 4.85. The molecule has 1 aromatic carbocycles. The summed E-state index contributed by atoms with van der Waals surface area (Å²) in [5.74, 6) is -0.506. The van der Waals surface area contributed by atoms with Crippen molar-refractivity contribution >= 4 is 34.6 Å². The highest BCUT2D eigenvalue weighted by Crippen LogP contribution is 2.40. The van der Waals surface area contributed by atoms with E-state index in [-0.39, 0.29) is 33.8 Å². The molecule has 1 saturated heterocycles. The Morgan fingerprint density at radius 2 is 2.03 bits per heavy atom. The van der Waals surface area contributed by atoms with Gasteiger partial charge in [0.2, 0.25) is 5.91 Å². The highest BCUT2D eigenvalue weighted by atomic mass is 32.2. The molecule has 2 fully saturated rings. The number of nitrogens with one attached hydrogen (secondary N) is 1. The van der Waals surface area contributed by atoms with Gasteiger partial charge in [0.25, 0.3) is 0 Å². The Kier molecular flexibility index (Phi) is 9.81. The van der Waals surface area contributed by atoms with Gasteiger partial charge in [-0.05, 0) is 49.8 Å². The van der Waals surface area contributed by atoms with Crippen molar-refractivity contribution < 1.29 is 23.6 Å². The third-order valence-corrected chi connectivity index (χ3v) is 7.98. The van der Waals surface area contributed by atoms with Crippen molar-refractivity contribution in [3.63, 3.8) is 0 Å². The lowest BCUT2D eigenvalue weighted by molar-refractivity contribution is -0.131. The van der Waals surface area contributed by atoms with Crippen molar-refractivity contribution in [3.8, 4) is 0 Å². The predicted octanol–water partition coefficient (Wildman–Crippen LogP) is 3.72. The second kappa shape index (κ2) is 13.3. The summed E-state index contributed by atoms with van der Waals surface area (Å²) in [6.45, 7) is 3.15. The number of carbonyl (C=O) groups excluding carboxylic acids is 3. The van der Waals surface area contributed by atoms with E-state index in [9.17, 15) is 18.8 Å².